The molecule has 11 heteroatoms. The van der Waals surface area contributed by atoms with Crippen LogP contribution >= 0.6 is 0 Å². The van der Waals surface area contributed by atoms with Crippen molar-refractivity contribution >= 4 is 27.1 Å². The lowest BCUT2D eigenvalue weighted by Crippen LogP contribution is -3.00. The predicted molar refractivity (Wildman–Crippen MR) is 114 cm³/mol. The van der Waals surface area contributed by atoms with Gasteiger partial charge in [0.1, 0.15) is 17.0 Å². The quantitative estimate of drug-likeness (QED) is 0.128. The number of phenolic OH excluding ortho intramolecular Hbond substituents is 3. The summed E-state index contributed by atoms with van der Waals surface area (Å²) in [5, 5.41) is 30.4. The number of rotatable bonds is 2. The second-order valence-electron chi connectivity index (χ2n) is 7.14. The third-order valence-electron chi connectivity index (χ3n) is 4.64. The SMILES string of the molecule is C[NH+](C)c1ccc(-c2c3cc4cc(O)c(O)cc4oc-3cc(=O)c2O)cc1.O=S(=O)([O-])O. The number of fused-ring (bicyclic) bond motifs is 2. The van der Waals surface area contributed by atoms with Gasteiger partial charge in [-0.15, -0.1) is 0 Å². The van der Waals surface area contributed by atoms with Crippen LogP contribution in [0.1, 0.15) is 0 Å². The minimum atomic E-state index is -4.92. The Labute approximate surface area is 182 Å². The van der Waals surface area contributed by atoms with Gasteiger partial charge in [-0.2, -0.15) is 0 Å². The molecule has 2 aromatic carbocycles. The van der Waals surface area contributed by atoms with Gasteiger partial charge in [-0.05, 0) is 42.0 Å². The van der Waals surface area contributed by atoms with E-state index in [-0.39, 0.29) is 23.0 Å². The first-order valence-corrected chi connectivity index (χ1v) is 10.5. The lowest BCUT2D eigenvalue weighted by atomic mass is 9.94. The van der Waals surface area contributed by atoms with E-state index in [9.17, 15) is 20.1 Å². The first-order chi connectivity index (χ1) is 14.8. The van der Waals surface area contributed by atoms with E-state index in [0.29, 0.717) is 27.7 Å². The lowest BCUT2D eigenvalue weighted by Gasteiger charge is -2.15. The van der Waals surface area contributed by atoms with Crippen LogP contribution in [-0.2, 0) is 10.4 Å². The van der Waals surface area contributed by atoms with Crippen LogP contribution in [0.5, 0.6) is 17.2 Å². The number of nitrogens with one attached hydrogen (secondary N) is 1. The number of quaternary nitrogens is 1. The molecule has 0 radical (unpaired) electrons. The maximum atomic E-state index is 12.3. The molecule has 2 aromatic rings. The molecule has 1 aliphatic carbocycles. The van der Waals surface area contributed by atoms with E-state index in [1.165, 1.54) is 18.2 Å². The second kappa shape index (κ2) is 8.48. The number of aromatic hydroxyl groups is 3. The normalized spacial score (nSPS) is 11.5. The highest BCUT2D eigenvalue weighted by atomic mass is 32.3. The molecule has 1 heterocycles. The molecule has 2 aliphatic rings. The van der Waals surface area contributed by atoms with E-state index in [1.807, 2.05) is 38.4 Å². The number of phenols is 3. The van der Waals surface area contributed by atoms with Crippen molar-refractivity contribution in [3.05, 3.63) is 58.8 Å². The third-order valence-corrected chi connectivity index (χ3v) is 4.64. The van der Waals surface area contributed by atoms with Gasteiger partial charge in [0.2, 0.25) is 15.8 Å². The van der Waals surface area contributed by atoms with Crippen molar-refractivity contribution in [1.82, 2.24) is 0 Å². The monoisotopic (exact) mass is 461 g/mol. The highest BCUT2D eigenvalue weighted by Crippen LogP contribution is 2.41. The van der Waals surface area contributed by atoms with Crippen molar-refractivity contribution in [3.63, 3.8) is 0 Å². The van der Waals surface area contributed by atoms with Crippen LogP contribution < -0.4 is 10.3 Å². The fourth-order valence-electron chi connectivity index (χ4n) is 3.18. The summed E-state index contributed by atoms with van der Waals surface area (Å²) in [5.41, 5.74) is 2.42. The molecule has 4 rings (SSSR count). The van der Waals surface area contributed by atoms with Crippen molar-refractivity contribution in [2.24, 2.45) is 0 Å². The Morgan fingerprint density at radius 1 is 0.938 bits per heavy atom. The second-order valence-corrected chi connectivity index (χ2v) is 8.00. The van der Waals surface area contributed by atoms with Crippen LogP contribution in [0.4, 0.5) is 5.69 Å². The number of hydrogen-bond donors (Lipinski definition) is 5. The van der Waals surface area contributed by atoms with Gasteiger partial charge < -0.3 is 29.2 Å². The van der Waals surface area contributed by atoms with E-state index >= 15 is 0 Å². The molecule has 0 aromatic heterocycles. The molecule has 0 atom stereocenters. The zero-order valence-electron chi connectivity index (χ0n) is 16.9. The Hall–Kier alpha value is -3.64. The Bertz CT molecular complexity index is 1420. The van der Waals surface area contributed by atoms with Gasteiger partial charge in [0, 0.05) is 28.6 Å². The molecule has 5 N–H and O–H groups in total. The molecule has 0 saturated carbocycles. The summed E-state index contributed by atoms with van der Waals surface area (Å²) in [7, 11) is -0.903. The van der Waals surface area contributed by atoms with Crippen LogP contribution in [-0.4, -0.2) is 46.9 Å². The summed E-state index contributed by atoms with van der Waals surface area (Å²) >= 11 is 0. The molecular weight excluding hydrogens is 442 g/mol. The summed E-state index contributed by atoms with van der Waals surface area (Å²) in [6.45, 7) is 0. The maximum Gasteiger partial charge on any atom is 0.224 e. The van der Waals surface area contributed by atoms with Gasteiger partial charge in [0.15, 0.2) is 17.2 Å². The number of hydrogen-bond acceptors (Lipinski definition) is 8. The average molecular weight is 461 g/mol. The highest BCUT2D eigenvalue weighted by molar-refractivity contribution is 7.79. The van der Waals surface area contributed by atoms with Gasteiger partial charge in [0.05, 0.1) is 14.1 Å². The van der Waals surface area contributed by atoms with E-state index in [2.05, 4.69) is 0 Å². The Morgan fingerprint density at radius 3 is 2.06 bits per heavy atom. The molecule has 32 heavy (non-hydrogen) atoms. The lowest BCUT2D eigenvalue weighted by molar-refractivity contribution is -0.786. The first kappa shape index (κ1) is 23.0. The molecule has 0 fully saturated rings. The molecule has 0 saturated heterocycles. The van der Waals surface area contributed by atoms with Crippen LogP contribution in [0.2, 0.25) is 0 Å². The van der Waals surface area contributed by atoms with Crippen LogP contribution in [0.15, 0.2) is 57.7 Å². The van der Waals surface area contributed by atoms with Gasteiger partial charge in [-0.25, -0.2) is 8.42 Å². The average Bonchev–Trinajstić information content (AvgIpc) is 2.68. The molecule has 0 unspecified atom stereocenters. The summed E-state index contributed by atoms with van der Waals surface area (Å²) in [4.78, 5) is 13.4. The smallest absolute Gasteiger partial charge is 0.224 e. The van der Waals surface area contributed by atoms with Gasteiger partial charge in [-0.3, -0.25) is 9.35 Å². The summed E-state index contributed by atoms with van der Waals surface area (Å²) in [6, 6.07) is 13.1. The highest BCUT2D eigenvalue weighted by Gasteiger charge is 2.21. The van der Waals surface area contributed by atoms with E-state index in [0.717, 1.165) is 10.6 Å². The maximum absolute atomic E-state index is 12.3. The van der Waals surface area contributed by atoms with Gasteiger partial charge in [-0.1, -0.05) is 0 Å². The van der Waals surface area contributed by atoms with Crippen LogP contribution in [0.25, 0.3) is 33.4 Å². The minimum Gasteiger partial charge on any atom is -0.726 e. The molecule has 168 valence electrons. The summed E-state index contributed by atoms with van der Waals surface area (Å²) in [6.07, 6.45) is 0. The van der Waals surface area contributed by atoms with Crippen LogP contribution in [0, 0.1) is 0 Å². The van der Waals surface area contributed by atoms with Crippen molar-refractivity contribution in [2.45, 2.75) is 0 Å². The Morgan fingerprint density at radius 2 is 1.50 bits per heavy atom. The van der Waals surface area contributed by atoms with E-state index in [4.69, 9.17) is 21.9 Å². The van der Waals surface area contributed by atoms with Crippen LogP contribution in [0.3, 0.4) is 0 Å². The van der Waals surface area contributed by atoms with E-state index in [1.54, 1.807) is 6.07 Å². The summed E-state index contributed by atoms with van der Waals surface area (Å²) in [5.74, 6) is -0.659. The Kier molecular flexibility index (Phi) is 6.10. The standard InChI is InChI=1S/C21H17NO5.H2O4S/c1-22(2)13-5-3-11(4-6-13)20-14-7-12-8-15(23)16(24)9-18(12)27-19(14)10-17(25)21(20)26;1-5(2,3)4/h3-10,23-24,26H,1-2H3;(H2,1,2,3,4). The van der Waals surface area contributed by atoms with E-state index < -0.39 is 15.8 Å². The summed E-state index contributed by atoms with van der Waals surface area (Å²) < 4.78 is 38.6. The van der Waals surface area contributed by atoms with Crippen molar-refractivity contribution in [1.29, 1.82) is 0 Å². The van der Waals surface area contributed by atoms with Crippen molar-refractivity contribution < 1.29 is 42.2 Å². The fraction of sp³-hybridized carbons (Fsp3) is 0.0952. The third kappa shape index (κ3) is 4.98. The first-order valence-electron chi connectivity index (χ1n) is 9.10. The molecular formula is C21H19NO9S. The van der Waals surface area contributed by atoms with Gasteiger partial charge in [0.25, 0.3) is 0 Å². The topological polar surface area (TPSA) is 173 Å². The zero-order chi connectivity index (χ0) is 23.8. The predicted octanol–water partition coefficient (Wildman–Crippen LogP) is 1.46. The molecule has 1 aliphatic heterocycles. The zero-order valence-corrected chi connectivity index (χ0v) is 17.7. The fourth-order valence-corrected chi connectivity index (χ4v) is 3.18. The molecule has 0 bridgehead atoms. The van der Waals surface area contributed by atoms with Gasteiger partial charge >= 0.3 is 0 Å². The number of benzene rings is 3. The largest absolute Gasteiger partial charge is 0.726 e. The van der Waals surface area contributed by atoms with Crippen molar-refractivity contribution in [3.8, 4) is 39.7 Å². The molecule has 0 amide bonds. The molecule has 0 spiro atoms. The van der Waals surface area contributed by atoms with Crippen molar-refractivity contribution in [2.75, 3.05) is 14.1 Å². The molecule has 10 nitrogen and oxygen atoms in total. The minimum absolute atomic E-state index is 0.276. The Balaban J connectivity index is 0.000000523.